The lowest BCUT2D eigenvalue weighted by Gasteiger charge is -2.15. The summed E-state index contributed by atoms with van der Waals surface area (Å²) in [5, 5.41) is 0. The minimum absolute atomic E-state index is 0.142. The summed E-state index contributed by atoms with van der Waals surface area (Å²) >= 11 is 3.26. The van der Waals surface area contributed by atoms with Gasteiger partial charge >= 0.3 is 0 Å². The van der Waals surface area contributed by atoms with E-state index in [0.717, 1.165) is 0 Å². The topological polar surface area (TPSA) is 26.3 Å². The molecular formula is C15H12BrFO2. The molecule has 1 unspecified atom stereocenters. The predicted molar refractivity (Wildman–Crippen MR) is 75.0 cm³/mol. The Morgan fingerprint density at radius 2 is 1.89 bits per heavy atom. The maximum Gasteiger partial charge on any atom is 0.202 e. The third kappa shape index (κ3) is 3.41. The van der Waals surface area contributed by atoms with E-state index in [4.69, 9.17) is 4.74 Å². The van der Waals surface area contributed by atoms with Crippen molar-refractivity contribution in [1.29, 1.82) is 0 Å². The predicted octanol–water partition coefficient (Wildman–Crippen LogP) is 4.24. The van der Waals surface area contributed by atoms with Crippen LogP contribution >= 0.6 is 15.9 Å². The number of ether oxygens (including phenoxy) is 1. The summed E-state index contributed by atoms with van der Waals surface area (Å²) in [7, 11) is 0. The van der Waals surface area contributed by atoms with Crippen molar-refractivity contribution in [2.75, 3.05) is 0 Å². The standard InChI is InChI=1S/C15H12BrFO2/c1-10(15(18)11-5-3-2-4-6-11)19-14-9-12(17)7-8-13(14)16/h2-10H,1H3. The van der Waals surface area contributed by atoms with Crippen molar-refractivity contribution in [1.82, 2.24) is 0 Å². The fraction of sp³-hybridized carbons (Fsp3) is 0.133. The quantitative estimate of drug-likeness (QED) is 0.787. The average Bonchev–Trinajstić information content (AvgIpc) is 2.43. The van der Waals surface area contributed by atoms with Crippen LogP contribution in [0.25, 0.3) is 0 Å². The molecule has 0 radical (unpaired) electrons. The van der Waals surface area contributed by atoms with Crippen molar-refractivity contribution in [3.63, 3.8) is 0 Å². The van der Waals surface area contributed by atoms with Crippen LogP contribution in [0.2, 0.25) is 0 Å². The van der Waals surface area contributed by atoms with Crippen LogP contribution < -0.4 is 4.74 Å². The van der Waals surface area contributed by atoms with Crippen LogP contribution in [-0.4, -0.2) is 11.9 Å². The van der Waals surface area contributed by atoms with Gasteiger partial charge in [-0.3, -0.25) is 4.79 Å². The molecule has 0 aliphatic heterocycles. The van der Waals surface area contributed by atoms with Crippen molar-refractivity contribution >= 4 is 21.7 Å². The van der Waals surface area contributed by atoms with Crippen LogP contribution in [0.15, 0.2) is 53.0 Å². The molecule has 0 fully saturated rings. The highest BCUT2D eigenvalue weighted by molar-refractivity contribution is 9.10. The normalized spacial score (nSPS) is 11.9. The number of hydrogen-bond donors (Lipinski definition) is 0. The van der Waals surface area contributed by atoms with Crippen LogP contribution in [0, 0.1) is 5.82 Å². The van der Waals surface area contributed by atoms with Crippen molar-refractivity contribution in [3.8, 4) is 5.75 Å². The van der Waals surface area contributed by atoms with Gasteiger partial charge in [0.25, 0.3) is 0 Å². The summed E-state index contributed by atoms with van der Waals surface area (Å²) in [6.07, 6.45) is -0.680. The lowest BCUT2D eigenvalue weighted by molar-refractivity contribution is 0.0816. The molecule has 0 amide bonds. The Hall–Kier alpha value is -1.68. The number of ketones is 1. The second-order valence-corrected chi connectivity index (χ2v) is 4.92. The van der Waals surface area contributed by atoms with Crippen molar-refractivity contribution < 1.29 is 13.9 Å². The first kappa shape index (κ1) is 13.7. The molecule has 0 aliphatic rings. The summed E-state index contributed by atoms with van der Waals surface area (Å²) in [5.41, 5.74) is 0.572. The van der Waals surface area contributed by atoms with Crippen LogP contribution in [0.4, 0.5) is 4.39 Å². The van der Waals surface area contributed by atoms with Crippen LogP contribution in [-0.2, 0) is 0 Å². The van der Waals surface area contributed by atoms with E-state index in [9.17, 15) is 9.18 Å². The Morgan fingerprint density at radius 1 is 1.21 bits per heavy atom. The highest BCUT2D eigenvalue weighted by Gasteiger charge is 2.17. The Kier molecular flexibility index (Phi) is 4.32. The molecule has 0 spiro atoms. The minimum atomic E-state index is -0.680. The van der Waals surface area contributed by atoms with Gasteiger partial charge in [0, 0.05) is 11.6 Å². The molecule has 0 saturated heterocycles. The van der Waals surface area contributed by atoms with Crippen molar-refractivity contribution in [2.24, 2.45) is 0 Å². The number of carbonyl (C=O) groups is 1. The molecule has 4 heteroatoms. The zero-order valence-electron chi connectivity index (χ0n) is 10.3. The van der Waals surface area contributed by atoms with Crippen molar-refractivity contribution in [3.05, 3.63) is 64.4 Å². The van der Waals surface area contributed by atoms with Gasteiger partial charge in [-0.25, -0.2) is 4.39 Å². The highest BCUT2D eigenvalue weighted by Crippen LogP contribution is 2.27. The maximum absolute atomic E-state index is 13.1. The number of carbonyl (C=O) groups excluding carboxylic acids is 1. The van der Waals surface area contributed by atoms with E-state index in [1.54, 1.807) is 37.3 Å². The third-order valence-corrected chi connectivity index (χ3v) is 3.28. The van der Waals surface area contributed by atoms with Gasteiger partial charge in [-0.2, -0.15) is 0 Å². The molecule has 0 bridgehead atoms. The maximum atomic E-state index is 13.1. The van der Waals surface area contributed by atoms with Gasteiger partial charge in [0.1, 0.15) is 11.6 Å². The SMILES string of the molecule is CC(Oc1cc(F)ccc1Br)C(=O)c1ccccc1. The third-order valence-electron chi connectivity index (χ3n) is 2.62. The fourth-order valence-electron chi connectivity index (χ4n) is 1.65. The zero-order valence-corrected chi connectivity index (χ0v) is 11.9. The largest absolute Gasteiger partial charge is 0.481 e. The lowest BCUT2D eigenvalue weighted by atomic mass is 10.1. The van der Waals surface area contributed by atoms with Gasteiger partial charge in [0.2, 0.25) is 5.78 Å². The van der Waals surface area contributed by atoms with E-state index in [-0.39, 0.29) is 5.78 Å². The number of hydrogen-bond acceptors (Lipinski definition) is 2. The molecule has 2 nitrogen and oxygen atoms in total. The molecule has 0 N–H and O–H groups in total. The number of halogens is 2. The second kappa shape index (κ2) is 5.97. The van der Waals surface area contributed by atoms with Gasteiger partial charge in [0.05, 0.1) is 4.47 Å². The molecule has 0 aliphatic carbocycles. The van der Waals surface area contributed by atoms with E-state index in [1.807, 2.05) is 6.07 Å². The Bertz CT molecular complexity index is 584. The first-order chi connectivity index (χ1) is 9.08. The van der Waals surface area contributed by atoms with Crippen molar-refractivity contribution in [2.45, 2.75) is 13.0 Å². The number of Topliss-reactive ketones (excluding diaryl/α,β-unsaturated/α-hetero) is 1. The van der Waals surface area contributed by atoms with Gasteiger partial charge in [-0.1, -0.05) is 30.3 Å². The minimum Gasteiger partial charge on any atom is -0.481 e. The van der Waals surface area contributed by atoms with E-state index in [1.165, 1.54) is 12.1 Å². The second-order valence-electron chi connectivity index (χ2n) is 4.07. The molecule has 0 saturated carbocycles. The molecule has 2 aromatic rings. The zero-order chi connectivity index (χ0) is 13.8. The molecule has 19 heavy (non-hydrogen) atoms. The summed E-state index contributed by atoms with van der Waals surface area (Å²) in [6, 6.07) is 13.0. The summed E-state index contributed by atoms with van der Waals surface area (Å²) in [4.78, 5) is 12.1. The molecule has 2 aromatic carbocycles. The van der Waals surface area contributed by atoms with Gasteiger partial charge in [-0.15, -0.1) is 0 Å². The molecule has 1 atom stereocenters. The van der Waals surface area contributed by atoms with E-state index < -0.39 is 11.9 Å². The van der Waals surface area contributed by atoms with Crippen LogP contribution in [0.5, 0.6) is 5.75 Å². The molecule has 2 rings (SSSR count). The van der Waals surface area contributed by atoms with Crippen LogP contribution in [0.1, 0.15) is 17.3 Å². The smallest absolute Gasteiger partial charge is 0.202 e. The fourth-order valence-corrected chi connectivity index (χ4v) is 1.99. The summed E-state index contributed by atoms with van der Waals surface area (Å²) < 4.78 is 19.3. The van der Waals surface area contributed by atoms with E-state index in [2.05, 4.69) is 15.9 Å². The Morgan fingerprint density at radius 3 is 2.58 bits per heavy atom. The van der Waals surface area contributed by atoms with Crippen LogP contribution in [0.3, 0.4) is 0 Å². The number of rotatable bonds is 4. The molecule has 98 valence electrons. The monoisotopic (exact) mass is 322 g/mol. The highest BCUT2D eigenvalue weighted by atomic mass is 79.9. The average molecular weight is 323 g/mol. The van der Waals surface area contributed by atoms with E-state index in [0.29, 0.717) is 15.8 Å². The first-order valence-corrected chi connectivity index (χ1v) is 6.58. The molecule has 0 heterocycles. The summed E-state index contributed by atoms with van der Waals surface area (Å²) in [5.74, 6) is -0.230. The lowest BCUT2D eigenvalue weighted by Crippen LogP contribution is -2.24. The van der Waals surface area contributed by atoms with Gasteiger partial charge in [0.15, 0.2) is 6.10 Å². The van der Waals surface area contributed by atoms with Gasteiger partial charge < -0.3 is 4.74 Å². The summed E-state index contributed by atoms with van der Waals surface area (Å²) in [6.45, 7) is 1.65. The molecular weight excluding hydrogens is 311 g/mol. The molecule has 0 aromatic heterocycles. The first-order valence-electron chi connectivity index (χ1n) is 5.79. The number of benzene rings is 2. The van der Waals surface area contributed by atoms with Gasteiger partial charge in [-0.05, 0) is 35.0 Å². The van der Waals surface area contributed by atoms with E-state index >= 15 is 0 Å². The Balaban J connectivity index is 2.15. The Labute approximate surface area is 119 Å².